The van der Waals surface area contributed by atoms with Crippen molar-refractivity contribution in [1.82, 2.24) is 39.6 Å². The Labute approximate surface area is 498 Å². The molecular weight excluding hydrogens is 1170 g/mol. The van der Waals surface area contributed by atoms with Crippen LogP contribution >= 0.6 is 0 Å². The van der Waals surface area contributed by atoms with E-state index in [0.717, 1.165) is 75.6 Å². The number of rotatable bonds is 18. The van der Waals surface area contributed by atoms with Crippen LogP contribution < -0.4 is 15.5 Å². The van der Waals surface area contributed by atoms with E-state index in [1.807, 2.05) is 24.3 Å². The van der Waals surface area contributed by atoms with Crippen molar-refractivity contribution in [1.29, 1.82) is 0 Å². The van der Waals surface area contributed by atoms with Gasteiger partial charge in [0, 0.05) is 138 Å². The average molecular weight is 1240 g/mol. The summed E-state index contributed by atoms with van der Waals surface area (Å²) in [6.07, 6.45) is -2.96. The number of piperazine rings is 2. The van der Waals surface area contributed by atoms with Crippen molar-refractivity contribution in [2.75, 3.05) is 131 Å². The van der Waals surface area contributed by atoms with Crippen molar-refractivity contribution >= 4 is 48.9 Å². The summed E-state index contributed by atoms with van der Waals surface area (Å²) < 4.78 is 137. The van der Waals surface area contributed by atoms with Crippen LogP contribution in [0, 0.1) is 11.6 Å². The molecule has 1 aromatic heterocycles. The number of urea groups is 2. The van der Waals surface area contributed by atoms with Crippen LogP contribution in [0.3, 0.4) is 0 Å². The van der Waals surface area contributed by atoms with Crippen LogP contribution in [0.2, 0.25) is 0 Å². The number of hydrogen-bond donors (Lipinski definition) is 1. The Morgan fingerprint density at radius 3 is 1.33 bits per heavy atom. The van der Waals surface area contributed by atoms with E-state index in [1.165, 1.54) is 43.9 Å². The molecule has 9 rings (SSSR count). The summed E-state index contributed by atoms with van der Waals surface area (Å²) in [7, 11) is -6.43. The van der Waals surface area contributed by atoms with Gasteiger partial charge in [0.2, 0.25) is 5.89 Å². The summed E-state index contributed by atoms with van der Waals surface area (Å²) in [5, 5.41) is 6.82. The molecule has 0 radical (unpaired) electrons. The fraction of sp³-hybridized carbons (Fsp3) is 0.508. The van der Waals surface area contributed by atoms with E-state index in [2.05, 4.69) is 29.8 Å². The maximum absolute atomic E-state index is 15.3. The van der Waals surface area contributed by atoms with E-state index in [-0.39, 0.29) is 103 Å². The molecule has 5 aromatic rings. The number of amides is 4. The number of aromatic nitrogens is 2. The smallest absolute Gasteiger partial charge is 0.324 e. The topological polar surface area (TPSA) is 210 Å². The summed E-state index contributed by atoms with van der Waals surface area (Å²) in [6, 6.07) is 21.9. The van der Waals surface area contributed by atoms with Gasteiger partial charge in [-0.25, -0.2) is 44.0 Å². The standard InChI is InChI=1S/C30H36F4N6O4S.C29H39F2N5O4S/c1-30(2,34)20-38-11-9-37(10-12-38)18-21-3-7-24(8-4-21)40(29(41)39-13-15-45(42,43)16-14-39)19-23-6-5-22(17-25(23)31)27-35-36-28(44-27)26(32)33;1-29(2,31)21-34-11-9-33(10-12-34)19-22-3-7-25(8-4-22)36(28(38)35-13-15-41(39,40)16-14-35)20-24-6-5-23(17-26(24)30)27(37)18-32/h3-8,17,26H,9-16,18-20H2,1-2H3;3-8,17H,9-16,18-21,32H2,1-2H3. The minimum Gasteiger partial charge on any atom is -0.415 e. The number of halogens is 6. The summed E-state index contributed by atoms with van der Waals surface area (Å²) in [6.45, 7) is 14.5. The molecule has 4 amide bonds. The number of hydrogen-bond acceptors (Lipinski definition) is 15. The summed E-state index contributed by atoms with van der Waals surface area (Å²) in [5.41, 5.74) is 6.64. The number of carbonyl (C=O) groups excluding carboxylic acids is 3. The van der Waals surface area contributed by atoms with E-state index >= 15 is 8.78 Å². The maximum Gasteiger partial charge on any atom is 0.324 e. The second-order valence-electron chi connectivity index (χ2n) is 23.4. The number of nitrogens with two attached hydrogens (primary N) is 1. The number of Topliss-reactive ketones (excluding diaryl/α,β-unsaturated/α-hetero) is 1. The van der Waals surface area contributed by atoms with Crippen molar-refractivity contribution in [3.8, 4) is 11.5 Å². The molecule has 4 aliphatic rings. The summed E-state index contributed by atoms with van der Waals surface area (Å²) >= 11 is 0. The predicted octanol–water partition coefficient (Wildman–Crippen LogP) is 7.23. The van der Waals surface area contributed by atoms with E-state index in [1.54, 1.807) is 52.0 Å². The lowest BCUT2D eigenvalue weighted by molar-refractivity contribution is 0.0731. The molecule has 2 N–H and O–H groups in total. The molecule has 468 valence electrons. The van der Waals surface area contributed by atoms with Crippen LogP contribution in [0.1, 0.15) is 72.6 Å². The van der Waals surface area contributed by atoms with Crippen molar-refractivity contribution in [3.05, 3.63) is 130 Å². The van der Waals surface area contributed by atoms with Crippen LogP contribution in [0.15, 0.2) is 89.3 Å². The molecule has 4 aromatic carbocycles. The van der Waals surface area contributed by atoms with E-state index in [9.17, 15) is 48.8 Å². The Bertz CT molecular complexity index is 3340. The van der Waals surface area contributed by atoms with Crippen LogP contribution in [0.4, 0.5) is 47.3 Å². The zero-order chi connectivity index (χ0) is 62.1. The number of sulfone groups is 2. The zero-order valence-corrected chi connectivity index (χ0v) is 50.5. The quantitative estimate of drug-likeness (QED) is 0.0678. The molecular formula is C59H75F6N11O8S2. The van der Waals surface area contributed by atoms with Crippen molar-refractivity contribution in [2.24, 2.45) is 5.73 Å². The highest BCUT2D eigenvalue weighted by atomic mass is 32.2. The Morgan fingerprint density at radius 1 is 0.570 bits per heavy atom. The molecule has 0 bridgehead atoms. The van der Waals surface area contributed by atoms with E-state index in [4.69, 9.17) is 10.2 Å². The first-order valence-electron chi connectivity index (χ1n) is 28.5. The third kappa shape index (κ3) is 18.5. The molecule has 86 heavy (non-hydrogen) atoms. The van der Waals surface area contributed by atoms with Gasteiger partial charge in [-0.15, -0.1) is 10.2 Å². The molecule has 0 spiro atoms. The van der Waals surface area contributed by atoms with E-state index < -0.39 is 67.0 Å². The van der Waals surface area contributed by atoms with Crippen LogP contribution in [-0.2, 0) is 45.9 Å². The van der Waals surface area contributed by atoms with Crippen LogP contribution in [-0.4, -0.2) is 207 Å². The number of nitrogens with zero attached hydrogens (tertiary/aromatic N) is 10. The number of ketones is 1. The van der Waals surface area contributed by atoms with Gasteiger partial charge in [-0.1, -0.05) is 42.5 Å². The first kappa shape index (κ1) is 65.5. The lowest BCUT2D eigenvalue weighted by atomic mass is 10.1. The summed E-state index contributed by atoms with van der Waals surface area (Å²) in [4.78, 5) is 53.8. The predicted molar refractivity (Wildman–Crippen MR) is 315 cm³/mol. The van der Waals surface area contributed by atoms with Gasteiger partial charge in [-0.3, -0.25) is 34.2 Å². The van der Waals surface area contributed by atoms with Gasteiger partial charge in [0.15, 0.2) is 25.5 Å². The fourth-order valence-corrected chi connectivity index (χ4v) is 13.0. The van der Waals surface area contributed by atoms with Gasteiger partial charge in [-0.2, -0.15) is 8.78 Å². The molecule has 4 fully saturated rings. The summed E-state index contributed by atoms with van der Waals surface area (Å²) in [5.74, 6) is -3.42. The van der Waals surface area contributed by atoms with Crippen molar-refractivity contribution < 1.29 is 62.0 Å². The van der Waals surface area contributed by atoms with Gasteiger partial charge in [0.1, 0.15) is 23.0 Å². The van der Waals surface area contributed by atoms with Gasteiger partial charge < -0.3 is 20.0 Å². The minimum atomic E-state index is -3.24. The Morgan fingerprint density at radius 2 is 0.965 bits per heavy atom. The van der Waals surface area contributed by atoms with Crippen LogP contribution in [0.25, 0.3) is 11.5 Å². The number of carbonyl (C=O) groups is 3. The normalized spacial score (nSPS) is 18.1. The third-order valence-electron chi connectivity index (χ3n) is 15.3. The van der Waals surface area contributed by atoms with E-state index in [0.29, 0.717) is 37.6 Å². The van der Waals surface area contributed by atoms with Crippen LogP contribution in [0.5, 0.6) is 0 Å². The first-order valence-corrected chi connectivity index (χ1v) is 32.1. The lowest BCUT2D eigenvalue weighted by Crippen LogP contribution is -2.50. The molecule has 0 saturated carbocycles. The van der Waals surface area contributed by atoms with Gasteiger partial charge in [0.25, 0.3) is 5.89 Å². The van der Waals surface area contributed by atoms with Gasteiger partial charge >= 0.3 is 18.5 Å². The molecule has 4 saturated heterocycles. The Balaban J connectivity index is 0.000000225. The highest BCUT2D eigenvalue weighted by Gasteiger charge is 2.33. The maximum atomic E-state index is 15.3. The van der Waals surface area contributed by atoms with Gasteiger partial charge in [0.05, 0.1) is 42.6 Å². The molecule has 27 heteroatoms. The van der Waals surface area contributed by atoms with Crippen molar-refractivity contribution in [3.63, 3.8) is 0 Å². The fourth-order valence-electron chi connectivity index (χ4n) is 10.6. The number of anilines is 2. The second-order valence-corrected chi connectivity index (χ2v) is 28.0. The lowest BCUT2D eigenvalue weighted by Gasteiger charge is -2.36. The highest BCUT2D eigenvalue weighted by Crippen LogP contribution is 2.29. The Hall–Kier alpha value is -6.49. The second kappa shape index (κ2) is 28.1. The highest BCUT2D eigenvalue weighted by molar-refractivity contribution is 7.91. The molecule has 4 aliphatic heterocycles. The molecule has 0 aliphatic carbocycles. The minimum absolute atomic E-state index is 0.0202. The van der Waals surface area contributed by atoms with Gasteiger partial charge in [-0.05, 0) is 81.3 Å². The number of benzene rings is 4. The zero-order valence-electron chi connectivity index (χ0n) is 48.8. The third-order valence-corrected chi connectivity index (χ3v) is 18.5. The molecule has 0 atom stereocenters. The SMILES string of the molecule is CC(C)(F)CN1CCN(Cc2ccc(N(Cc3ccc(-c4nnc(C(F)F)o4)cc3F)C(=O)N3CCS(=O)(=O)CC3)cc2)CC1.CC(C)(F)CN1CCN(Cc2ccc(N(Cc3ccc(C(=O)CN)cc3F)C(=O)N3CCS(=O)(=O)CC3)cc2)CC1. The average Bonchev–Trinajstić information content (AvgIpc) is 3.20. The molecule has 0 unspecified atom stereocenters. The largest absolute Gasteiger partial charge is 0.415 e. The molecule has 19 nitrogen and oxygen atoms in total. The number of alkyl halides is 4. The van der Waals surface area contributed by atoms with Crippen molar-refractivity contribution in [2.45, 2.75) is 71.6 Å². The first-order chi connectivity index (χ1) is 40.6. The molecule has 5 heterocycles. The Kier molecular flexibility index (Phi) is 21.4. The monoisotopic (exact) mass is 1240 g/mol.